The van der Waals surface area contributed by atoms with Gasteiger partial charge in [-0.25, -0.2) is 9.59 Å². The van der Waals surface area contributed by atoms with Crippen molar-refractivity contribution < 1.29 is 32.2 Å². The van der Waals surface area contributed by atoms with Crippen LogP contribution < -0.4 is 0 Å². The van der Waals surface area contributed by atoms with Crippen LogP contribution in [0.3, 0.4) is 0 Å². The van der Waals surface area contributed by atoms with Crippen LogP contribution in [0.2, 0.25) is 0 Å². The maximum Gasteiger partial charge on any atom is 0.422 e. The molecule has 1 aliphatic carbocycles. The van der Waals surface area contributed by atoms with Gasteiger partial charge in [0, 0.05) is 12.2 Å². The van der Waals surface area contributed by atoms with Gasteiger partial charge in [0.25, 0.3) is 0 Å². The molecule has 0 heterocycles. The van der Waals surface area contributed by atoms with E-state index in [1.54, 1.807) is 0 Å². The summed E-state index contributed by atoms with van der Waals surface area (Å²) in [7, 11) is 0. The molecule has 0 saturated heterocycles. The van der Waals surface area contributed by atoms with Gasteiger partial charge in [-0.3, -0.25) is 0 Å². The van der Waals surface area contributed by atoms with Crippen molar-refractivity contribution in [1.29, 1.82) is 0 Å². The Labute approximate surface area is 108 Å². The van der Waals surface area contributed by atoms with E-state index in [9.17, 15) is 22.8 Å². The van der Waals surface area contributed by atoms with Crippen LogP contribution in [-0.4, -0.2) is 30.8 Å². The van der Waals surface area contributed by atoms with Gasteiger partial charge in [-0.05, 0) is 25.7 Å². The average Bonchev–Trinajstić information content (AvgIpc) is 2.34. The van der Waals surface area contributed by atoms with E-state index in [1.807, 2.05) is 0 Å². The summed E-state index contributed by atoms with van der Waals surface area (Å²) in [5.41, 5.74) is 0. The second-order valence-corrected chi connectivity index (χ2v) is 4.25. The number of alkyl halides is 3. The maximum absolute atomic E-state index is 11.7. The number of halogens is 3. The first-order chi connectivity index (χ1) is 8.87. The number of rotatable bonds is 4. The molecule has 0 aromatic heterocycles. The highest BCUT2D eigenvalue weighted by Crippen LogP contribution is 2.20. The third-order valence-electron chi connectivity index (χ3n) is 2.57. The molecule has 0 spiro atoms. The van der Waals surface area contributed by atoms with Gasteiger partial charge in [-0.1, -0.05) is 6.42 Å². The van der Waals surface area contributed by atoms with Gasteiger partial charge < -0.3 is 9.47 Å². The molecule has 1 saturated carbocycles. The molecule has 0 atom stereocenters. The molecule has 0 aliphatic heterocycles. The summed E-state index contributed by atoms with van der Waals surface area (Å²) in [6, 6.07) is 0. The van der Waals surface area contributed by atoms with Crippen molar-refractivity contribution in [2.75, 3.05) is 6.61 Å². The molecule has 0 aromatic rings. The number of ether oxygens (including phenoxy) is 2. The molecular weight excluding hydrogens is 265 g/mol. The first kappa shape index (κ1) is 15.5. The van der Waals surface area contributed by atoms with Gasteiger partial charge in [0.1, 0.15) is 6.10 Å². The third kappa shape index (κ3) is 7.48. The van der Waals surface area contributed by atoms with Gasteiger partial charge in [-0.2, -0.15) is 13.2 Å². The van der Waals surface area contributed by atoms with Crippen LogP contribution in [0.25, 0.3) is 0 Å². The second kappa shape index (κ2) is 7.16. The Hall–Kier alpha value is -1.53. The number of hydrogen-bond donors (Lipinski definition) is 0. The molecule has 108 valence electrons. The predicted molar refractivity (Wildman–Crippen MR) is 59.1 cm³/mol. The quantitative estimate of drug-likeness (QED) is 0.586. The van der Waals surface area contributed by atoms with Crippen molar-refractivity contribution in [3.8, 4) is 0 Å². The minimum atomic E-state index is -4.58. The fourth-order valence-corrected chi connectivity index (χ4v) is 1.72. The van der Waals surface area contributed by atoms with Gasteiger partial charge in [-0.15, -0.1) is 0 Å². The lowest BCUT2D eigenvalue weighted by atomic mass is 9.98. The summed E-state index contributed by atoms with van der Waals surface area (Å²) in [4.78, 5) is 22.1. The Morgan fingerprint density at radius 2 is 1.63 bits per heavy atom. The highest BCUT2D eigenvalue weighted by atomic mass is 19.4. The van der Waals surface area contributed by atoms with E-state index in [2.05, 4.69) is 4.74 Å². The lowest BCUT2D eigenvalue weighted by Gasteiger charge is -2.20. The summed E-state index contributed by atoms with van der Waals surface area (Å²) >= 11 is 0. The lowest BCUT2D eigenvalue weighted by molar-refractivity contribution is -0.182. The molecule has 0 bridgehead atoms. The van der Waals surface area contributed by atoms with Crippen LogP contribution >= 0.6 is 0 Å². The molecule has 1 rings (SSSR count). The number of hydrogen-bond acceptors (Lipinski definition) is 4. The fraction of sp³-hybridized carbons (Fsp3) is 0.667. The van der Waals surface area contributed by atoms with Crippen molar-refractivity contribution in [3.63, 3.8) is 0 Å². The zero-order valence-electron chi connectivity index (χ0n) is 10.2. The minimum absolute atomic E-state index is 0.169. The van der Waals surface area contributed by atoms with E-state index in [4.69, 9.17) is 4.74 Å². The molecule has 0 unspecified atom stereocenters. The van der Waals surface area contributed by atoms with E-state index in [0.717, 1.165) is 38.2 Å². The van der Waals surface area contributed by atoms with Crippen molar-refractivity contribution in [2.45, 2.75) is 44.4 Å². The summed E-state index contributed by atoms with van der Waals surface area (Å²) in [5, 5.41) is 0. The van der Waals surface area contributed by atoms with Gasteiger partial charge in [0.15, 0.2) is 6.61 Å². The zero-order chi connectivity index (χ0) is 14.3. The SMILES string of the molecule is O=C(/C=C/C(=O)OC1CCCCC1)OCC(F)(F)F. The molecular formula is C12H15F3O4. The summed E-state index contributed by atoms with van der Waals surface area (Å²) in [6.07, 6.45) is 1.29. The standard InChI is InChI=1S/C12H15F3O4/c13-12(14,15)8-18-10(16)6-7-11(17)19-9-4-2-1-3-5-9/h6-7,9H,1-5,8H2/b7-6+. The first-order valence-corrected chi connectivity index (χ1v) is 5.99. The molecule has 0 N–H and O–H groups in total. The number of carbonyl (C=O) groups excluding carboxylic acids is 2. The normalized spacial score (nSPS) is 17.4. The highest BCUT2D eigenvalue weighted by molar-refractivity contribution is 5.91. The Morgan fingerprint density at radius 3 is 2.21 bits per heavy atom. The van der Waals surface area contributed by atoms with E-state index in [-0.39, 0.29) is 6.10 Å². The van der Waals surface area contributed by atoms with Crippen LogP contribution in [-0.2, 0) is 19.1 Å². The van der Waals surface area contributed by atoms with E-state index >= 15 is 0 Å². The van der Waals surface area contributed by atoms with E-state index < -0.39 is 24.7 Å². The Balaban J connectivity index is 2.26. The molecule has 1 fully saturated rings. The van der Waals surface area contributed by atoms with Crippen molar-refractivity contribution in [2.24, 2.45) is 0 Å². The van der Waals surface area contributed by atoms with Crippen LogP contribution in [0.4, 0.5) is 13.2 Å². The topological polar surface area (TPSA) is 52.6 Å². The molecule has 0 radical (unpaired) electrons. The first-order valence-electron chi connectivity index (χ1n) is 5.99. The van der Waals surface area contributed by atoms with Gasteiger partial charge in [0.05, 0.1) is 0 Å². The Bertz CT molecular complexity index is 343. The average molecular weight is 280 g/mol. The summed E-state index contributed by atoms with van der Waals surface area (Å²) in [6.45, 7) is -1.67. The largest absolute Gasteiger partial charge is 0.459 e. The monoisotopic (exact) mass is 280 g/mol. The summed E-state index contributed by atoms with van der Waals surface area (Å²) in [5.74, 6) is -1.96. The summed E-state index contributed by atoms with van der Waals surface area (Å²) < 4.78 is 44.1. The van der Waals surface area contributed by atoms with Crippen LogP contribution in [0.5, 0.6) is 0 Å². The van der Waals surface area contributed by atoms with Crippen molar-refractivity contribution in [1.82, 2.24) is 0 Å². The van der Waals surface area contributed by atoms with Crippen LogP contribution in [0.15, 0.2) is 12.2 Å². The van der Waals surface area contributed by atoms with Crippen molar-refractivity contribution in [3.05, 3.63) is 12.2 Å². The molecule has 0 amide bonds. The smallest absolute Gasteiger partial charge is 0.422 e. The third-order valence-corrected chi connectivity index (χ3v) is 2.57. The number of carbonyl (C=O) groups is 2. The molecule has 7 heteroatoms. The minimum Gasteiger partial charge on any atom is -0.459 e. The Morgan fingerprint density at radius 1 is 1.05 bits per heavy atom. The van der Waals surface area contributed by atoms with E-state index in [1.165, 1.54) is 0 Å². The number of esters is 2. The molecule has 0 aromatic carbocycles. The lowest BCUT2D eigenvalue weighted by Crippen LogP contribution is -2.21. The maximum atomic E-state index is 11.7. The molecule has 1 aliphatic rings. The molecule has 4 nitrogen and oxygen atoms in total. The fourth-order valence-electron chi connectivity index (χ4n) is 1.72. The predicted octanol–water partition coefficient (Wildman–Crippen LogP) is 2.52. The highest BCUT2D eigenvalue weighted by Gasteiger charge is 2.29. The Kier molecular flexibility index (Phi) is 5.85. The molecule has 19 heavy (non-hydrogen) atoms. The van der Waals surface area contributed by atoms with Gasteiger partial charge >= 0.3 is 18.1 Å². The second-order valence-electron chi connectivity index (χ2n) is 4.25. The van der Waals surface area contributed by atoms with Crippen LogP contribution in [0, 0.1) is 0 Å². The van der Waals surface area contributed by atoms with Crippen molar-refractivity contribution >= 4 is 11.9 Å². The van der Waals surface area contributed by atoms with Gasteiger partial charge in [0.2, 0.25) is 0 Å². The van der Waals surface area contributed by atoms with E-state index in [0.29, 0.717) is 6.08 Å². The van der Waals surface area contributed by atoms with Crippen LogP contribution in [0.1, 0.15) is 32.1 Å². The zero-order valence-corrected chi connectivity index (χ0v) is 10.2.